The van der Waals surface area contributed by atoms with Crippen LogP contribution in [-0.2, 0) is 4.79 Å². The number of rotatable bonds is 2. The highest BCUT2D eigenvalue weighted by molar-refractivity contribution is 5.79. The first kappa shape index (κ1) is 12.0. The molecule has 0 spiro atoms. The van der Waals surface area contributed by atoms with Crippen molar-refractivity contribution in [3.8, 4) is 0 Å². The quantitative estimate of drug-likeness (QED) is 0.882. The van der Waals surface area contributed by atoms with Gasteiger partial charge in [0.1, 0.15) is 18.2 Å². The van der Waals surface area contributed by atoms with Crippen molar-refractivity contribution in [1.29, 1.82) is 0 Å². The maximum atomic E-state index is 11.5. The summed E-state index contributed by atoms with van der Waals surface area (Å²) < 4.78 is 1.71. The van der Waals surface area contributed by atoms with Crippen LogP contribution in [0.2, 0.25) is 0 Å². The van der Waals surface area contributed by atoms with Gasteiger partial charge in [0.25, 0.3) is 0 Å². The number of hydrogen-bond acceptors (Lipinski definition) is 4. The van der Waals surface area contributed by atoms with Crippen molar-refractivity contribution >= 4 is 17.4 Å². The number of aliphatic carboxylic acids is 1. The van der Waals surface area contributed by atoms with Crippen LogP contribution in [-0.4, -0.2) is 38.3 Å². The van der Waals surface area contributed by atoms with Crippen molar-refractivity contribution in [2.45, 2.75) is 26.3 Å². The molecule has 19 heavy (non-hydrogen) atoms. The summed E-state index contributed by atoms with van der Waals surface area (Å²) in [5.41, 5.74) is 1.80. The first-order valence-electron chi connectivity index (χ1n) is 6.38. The van der Waals surface area contributed by atoms with Gasteiger partial charge in [-0.1, -0.05) is 6.92 Å². The predicted molar refractivity (Wildman–Crippen MR) is 70.3 cm³/mol. The number of aryl methyl sites for hydroxylation is 1. The molecule has 0 saturated carbocycles. The number of carboxylic acids is 1. The Morgan fingerprint density at radius 3 is 3.00 bits per heavy atom. The highest BCUT2D eigenvalue weighted by Gasteiger charge is 2.38. The third-order valence-electron chi connectivity index (χ3n) is 3.75. The van der Waals surface area contributed by atoms with Gasteiger partial charge in [0.2, 0.25) is 0 Å². The molecule has 1 aliphatic heterocycles. The van der Waals surface area contributed by atoms with Crippen LogP contribution in [0.3, 0.4) is 0 Å². The predicted octanol–water partition coefficient (Wildman–Crippen LogP) is 1.34. The lowest BCUT2D eigenvalue weighted by Crippen LogP contribution is -2.40. The van der Waals surface area contributed by atoms with E-state index in [9.17, 15) is 9.90 Å². The Kier molecular flexibility index (Phi) is 2.66. The number of nitrogens with zero attached hydrogens (tertiary/aromatic N) is 4. The number of aromatic nitrogens is 3. The van der Waals surface area contributed by atoms with Gasteiger partial charge in [-0.2, -0.15) is 9.61 Å². The summed E-state index contributed by atoms with van der Waals surface area (Å²) in [6, 6.07) is 3.41. The average Bonchev–Trinajstić information content (AvgIpc) is 2.93. The highest BCUT2D eigenvalue weighted by Crippen LogP contribution is 2.30. The van der Waals surface area contributed by atoms with Gasteiger partial charge in [-0.25, -0.2) is 9.78 Å². The first-order valence-corrected chi connectivity index (χ1v) is 6.38. The molecular weight excluding hydrogens is 244 g/mol. The van der Waals surface area contributed by atoms with Crippen LogP contribution < -0.4 is 4.90 Å². The smallest absolute Gasteiger partial charge is 0.326 e. The summed E-state index contributed by atoms with van der Waals surface area (Å²) in [7, 11) is 0. The van der Waals surface area contributed by atoms with Crippen molar-refractivity contribution < 1.29 is 9.90 Å². The molecule has 1 aliphatic rings. The Balaban J connectivity index is 2.13. The van der Waals surface area contributed by atoms with Crippen molar-refractivity contribution in [3.05, 3.63) is 24.0 Å². The van der Waals surface area contributed by atoms with Gasteiger partial charge in [-0.05, 0) is 37.0 Å². The fourth-order valence-corrected chi connectivity index (χ4v) is 2.82. The minimum atomic E-state index is -0.778. The Morgan fingerprint density at radius 2 is 2.26 bits per heavy atom. The molecule has 2 aromatic heterocycles. The molecule has 0 aliphatic carbocycles. The van der Waals surface area contributed by atoms with Gasteiger partial charge in [-0.3, -0.25) is 0 Å². The summed E-state index contributed by atoms with van der Waals surface area (Å²) in [6.45, 7) is 4.69. The topological polar surface area (TPSA) is 70.7 Å². The molecule has 2 unspecified atom stereocenters. The molecule has 6 nitrogen and oxygen atoms in total. The number of hydrogen-bond donors (Lipinski definition) is 1. The lowest BCUT2D eigenvalue weighted by atomic mass is 10.0. The normalized spacial score (nSPS) is 23.2. The van der Waals surface area contributed by atoms with Crippen molar-refractivity contribution in [1.82, 2.24) is 14.6 Å². The molecule has 3 rings (SSSR count). The summed E-state index contributed by atoms with van der Waals surface area (Å²) in [6.07, 6.45) is 2.37. The van der Waals surface area contributed by atoms with Crippen LogP contribution in [0.1, 0.15) is 18.9 Å². The van der Waals surface area contributed by atoms with E-state index in [0.717, 1.165) is 30.0 Å². The SMILES string of the molecule is Cc1cc(N2CCC(C)C2C(=O)O)n2ncnc2c1. The van der Waals surface area contributed by atoms with Crippen molar-refractivity contribution in [2.75, 3.05) is 11.4 Å². The van der Waals surface area contributed by atoms with Gasteiger partial charge >= 0.3 is 5.97 Å². The molecule has 0 amide bonds. The second-order valence-corrected chi connectivity index (χ2v) is 5.16. The molecule has 6 heteroatoms. The molecular formula is C13H16N4O2. The highest BCUT2D eigenvalue weighted by atomic mass is 16.4. The Morgan fingerprint density at radius 1 is 1.47 bits per heavy atom. The van der Waals surface area contributed by atoms with Crippen LogP contribution in [0.5, 0.6) is 0 Å². The second kappa shape index (κ2) is 4.22. The van der Waals surface area contributed by atoms with Crippen LogP contribution in [0, 0.1) is 12.8 Å². The third-order valence-corrected chi connectivity index (χ3v) is 3.75. The molecule has 0 aromatic carbocycles. The van der Waals surface area contributed by atoms with Gasteiger partial charge in [0, 0.05) is 6.54 Å². The van der Waals surface area contributed by atoms with E-state index in [4.69, 9.17) is 0 Å². The zero-order chi connectivity index (χ0) is 13.6. The number of pyridine rings is 1. The lowest BCUT2D eigenvalue weighted by Gasteiger charge is -2.25. The number of fused-ring (bicyclic) bond motifs is 1. The number of carbonyl (C=O) groups is 1. The third kappa shape index (κ3) is 1.83. The van der Waals surface area contributed by atoms with Gasteiger partial charge in [0.15, 0.2) is 5.65 Å². The van der Waals surface area contributed by atoms with E-state index in [1.54, 1.807) is 4.52 Å². The zero-order valence-electron chi connectivity index (χ0n) is 10.9. The first-order chi connectivity index (χ1) is 9.08. The van der Waals surface area contributed by atoms with E-state index in [2.05, 4.69) is 10.1 Å². The van der Waals surface area contributed by atoms with Gasteiger partial charge in [0.05, 0.1) is 0 Å². The minimum Gasteiger partial charge on any atom is -0.480 e. The fraction of sp³-hybridized carbons (Fsp3) is 0.462. The van der Waals surface area contributed by atoms with E-state index >= 15 is 0 Å². The summed E-state index contributed by atoms with van der Waals surface area (Å²) in [5.74, 6) is 0.167. The Bertz CT molecular complexity index is 637. The molecule has 0 bridgehead atoms. The summed E-state index contributed by atoms with van der Waals surface area (Å²) in [5, 5.41) is 13.6. The Hall–Kier alpha value is -2.11. The average molecular weight is 260 g/mol. The van der Waals surface area contributed by atoms with Crippen LogP contribution >= 0.6 is 0 Å². The standard InChI is InChI=1S/C13H16N4O2/c1-8-5-10-14-7-15-17(10)11(6-8)16-4-3-9(2)12(16)13(18)19/h5-7,9,12H,3-4H2,1-2H3,(H,18,19). The maximum Gasteiger partial charge on any atom is 0.326 e. The maximum absolute atomic E-state index is 11.5. The zero-order valence-corrected chi connectivity index (χ0v) is 10.9. The summed E-state index contributed by atoms with van der Waals surface area (Å²) in [4.78, 5) is 17.6. The largest absolute Gasteiger partial charge is 0.480 e. The Labute approximate surface area is 110 Å². The van der Waals surface area contributed by atoms with Crippen LogP contribution in [0.4, 0.5) is 5.82 Å². The number of carboxylic acid groups (broad SMARTS) is 1. The molecule has 0 radical (unpaired) electrons. The van der Waals surface area contributed by atoms with E-state index in [-0.39, 0.29) is 5.92 Å². The van der Waals surface area contributed by atoms with E-state index in [0.29, 0.717) is 0 Å². The molecule has 1 saturated heterocycles. The van der Waals surface area contributed by atoms with Gasteiger partial charge < -0.3 is 10.0 Å². The van der Waals surface area contributed by atoms with Crippen molar-refractivity contribution in [3.63, 3.8) is 0 Å². The van der Waals surface area contributed by atoms with Crippen molar-refractivity contribution in [2.24, 2.45) is 5.92 Å². The molecule has 3 heterocycles. The molecule has 1 N–H and O–H groups in total. The van der Waals surface area contributed by atoms with Gasteiger partial charge in [-0.15, -0.1) is 0 Å². The van der Waals surface area contributed by atoms with Crippen LogP contribution in [0.25, 0.3) is 5.65 Å². The molecule has 2 atom stereocenters. The number of anilines is 1. The fourth-order valence-electron chi connectivity index (χ4n) is 2.82. The lowest BCUT2D eigenvalue weighted by molar-refractivity contribution is -0.139. The molecule has 1 fully saturated rings. The monoisotopic (exact) mass is 260 g/mol. The van der Waals surface area contributed by atoms with E-state index < -0.39 is 12.0 Å². The van der Waals surface area contributed by atoms with E-state index in [1.807, 2.05) is 30.9 Å². The molecule has 2 aromatic rings. The second-order valence-electron chi connectivity index (χ2n) is 5.16. The molecule has 100 valence electrons. The van der Waals surface area contributed by atoms with E-state index in [1.165, 1.54) is 6.33 Å². The summed E-state index contributed by atoms with van der Waals surface area (Å²) >= 11 is 0. The minimum absolute atomic E-state index is 0.136. The van der Waals surface area contributed by atoms with Crippen LogP contribution in [0.15, 0.2) is 18.5 Å².